The average molecular weight is 263 g/mol. The SMILES string of the molecule is CCOC(=O)C=C1CCOc2ccc([N+](=O)[O-])cc21. The third-order valence-electron chi connectivity index (χ3n) is 2.73. The van der Waals surface area contributed by atoms with Gasteiger partial charge in [0.2, 0.25) is 0 Å². The summed E-state index contributed by atoms with van der Waals surface area (Å²) in [7, 11) is 0. The molecule has 1 heterocycles. The molecule has 1 aliphatic rings. The maximum Gasteiger partial charge on any atom is 0.331 e. The molecule has 0 fully saturated rings. The summed E-state index contributed by atoms with van der Waals surface area (Å²) < 4.78 is 10.3. The van der Waals surface area contributed by atoms with Gasteiger partial charge in [0.25, 0.3) is 5.69 Å². The number of rotatable bonds is 3. The summed E-state index contributed by atoms with van der Waals surface area (Å²) >= 11 is 0. The molecule has 6 nitrogen and oxygen atoms in total. The number of nitro benzene ring substituents is 1. The van der Waals surface area contributed by atoms with E-state index in [1.807, 2.05) is 0 Å². The van der Waals surface area contributed by atoms with Gasteiger partial charge in [0.05, 0.1) is 18.1 Å². The highest BCUT2D eigenvalue weighted by Crippen LogP contribution is 2.35. The number of nitrogens with zero attached hydrogens (tertiary/aromatic N) is 1. The highest BCUT2D eigenvalue weighted by atomic mass is 16.6. The Morgan fingerprint density at radius 3 is 3.05 bits per heavy atom. The summed E-state index contributed by atoms with van der Waals surface area (Å²) in [6.45, 7) is 2.45. The van der Waals surface area contributed by atoms with Crippen LogP contribution in [0.1, 0.15) is 18.9 Å². The molecule has 6 heteroatoms. The molecule has 0 saturated heterocycles. The zero-order chi connectivity index (χ0) is 13.8. The van der Waals surface area contributed by atoms with E-state index in [0.717, 1.165) is 0 Å². The molecule has 1 aliphatic heterocycles. The first-order valence-electron chi connectivity index (χ1n) is 5.90. The lowest BCUT2D eigenvalue weighted by Crippen LogP contribution is -2.10. The molecule has 0 atom stereocenters. The van der Waals surface area contributed by atoms with Crippen molar-refractivity contribution in [3.05, 3.63) is 40.0 Å². The van der Waals surface area contributed by atoms with Crippen LogP contribution in [0.15, 0.2) is 24.3 Å². The molecule has 0 N–H and O–H groups in total. The highest BCUT2D eigenvalue weighted by Gasteiger charge is 2.20. The number of hydrogen-bond acceptors (Lipinski definition) is 5. The van der Waals surface area contributed by atoms with E-state index in [0.29, 0.717) is 36.5 Å². The topological polar surface area (TPSA) is 78.7 Å². The standard InChI is InChI=1S/C13H13NO5/c1-2-18-13(15)7-9-5-6-19-12-4-3-10(14(16)17)8-11(9)12/h3-4,7-8H,2,5-6H2,1H3. The van der Waals surface area contributed by atoms with Crippen molar-refractivity contribution in [1.82, 2.24) is 0 Å². The van der Waals surface area contributed by atoms with Crippen LogP contribution >= 0.6 is 0 Å². The molecule has 0 unspecified atom stereocenters. The highest BCUT2D eigenvalue weighted by molar-refractivity contribution is 5.92. The van der Waals surface area contributed by atoms with Crippen LogP contribution in [0.4, 0.5) is 5.69 Å². The van der Waals surface area contributed by atoms with Gasteiger partial charge >= 0.3 is 5.97 Å². The molecule has 100 valence electrons. The van der Waals surface area contributed by atoms with Gasteiger partial charge in [-0.3, -0.25) is 10.1 Å². The van der Waals surface area contributed by atoms with Crippen LogP contribution < -0.4 is 4.74 Å². The number of hydrogen-bond donors (Lipinski definition) is 0. The summed E-state index contributed by atoms with van der Waals surface area (Å²) in [5, 5.41) is 10.8. The van der Waals surface area contributed by atoms with Crippen LogP contribution in [0.3, 0.4) is 0 Å². The minimum absolute atomic E-state index is 0.0287. The smallest absolute Gasteiger partial charge is 0.331 e. The fourth-order valence-corrected chi connectivity index (χ4v) is 1.89. The number of carbonyl (C=O) groups excluding carboxylic acids is 1. The molecule has 1 aromatic rings. The van der Waals surface area contributed by atoms with Crippen molar-refractivity contribution in [2.45, 2.75) is 13.3 Å². The van der Waals surface area contributed by atoms with Gasteiger partial charge in [-0.05, 0) is 18.6 Å². The summed E-state index contributed by atoms with van der Waals surface area (Å²) in [6.07, 6.45) is 1.89. The number of ether oxygens (including phenoxy) is 2. The summed E-state index contributed by atoms with van der Waals surface area (Å²) in [4.78, 5) is 21.8. The lowest BCUT2D eigenvalue weighted by molar-refractivity contribution is -0.384. The van der Waals surface area contributed by atoms with Gasteiger partial charge < -0.3 is 9.47 Å². The van der Waals surface area contributed by atoms with Crippen molar-refractivity contribution in [1.29, 1.82) is 0 Å². The quantitative estimate of drug-likeness (QED) is 0.362. The maximum atomic E-state index is 11.5. The van der Waals surface area contributed by atoms with Crippen LogP contribution in [-0.2, 0) is 9.53 Å². The van der Waals surface area contributed by atoms with Gasteiger partial charge in [-0.25, -0.2) is 4.79 Å². The van der Waals surface area contributed by atoms with Crippen molar-refractivity contribution in [3.63, 3.8) is 0 Å². The lowest BCUT2D eigenvalue weighted by Gasteiger charge is -2.19. The number of fused-ring (bicyclic) bond motifs is 1. The zero-order valence-corrected chi connectivity index (χ0v) is 10.4. The number of carbonyl (C=O) groups is 1. The molecule has 0 bridgehead atoms. The van der Waals surface area contributed by atoms with E-state index in [4.69, 9.17) is 9.47 Å². The average Bonchev–Trinajstić information content (AvgIpc) is 2.38. The fraction of sp³-hybridized carbons (Fsp3) is 0.308. The molecule has 0 amide bonds. The third kappa shape index (κ3) is 2.90. The third-order valence-corrected chi connectivity index (χ3v) is 2.73. The predicted octanol–water partition coefficient (Wildman–Crippen LogP) is 2.32. The van der Waals surface area contributed by atoms with Crippen LogP contribution in [0.5, 0.6) is 5.75 Å². The minimum Gasteiger partial charge on any atom is -0.493 e. The van der Waals surface area contributed by atoms with Crippen molar-refractivity contribution in [2.75, 3.05) is 13.2 Å². The Balaban J connectivity index is 2.39. The number of non-ortho nitro benzene ring substituents is 1. The van der Waals surface area contributed by atoms with Gasteiger partial charge in [0.1, 0.15) is 5.75 Å². The fourth-order valence-electron chi connectivity index (χ4n) is 1.89. The Hall–Kier alpha value is -2.37. The lowest BCUT2D eigenvalue weighted by atomic mass is 9.99. The Morgan fingerprint density at radius 1 is 1.58 bits per heavy atom. The van der Waals surface area contributed by atoms with E-state index in [9.17, 15) is 14.9 Å². The second kappa shape index (κ2) is 5.51. The Morgan fingerprint density at radius 2 is 2.37 bits per heavy atom. The van der Waals surface area contributed by atoms with Crippen LogP contribution in [0, 0.1) is 10.1 Å². The Labute approximate surface area is 109 Å². The second-order valence-corrected chi connectivity index (χ2v) is 3.96. The van der Waals surface area contributed by atoms with E-state index < -0.39 is 10.9 Å². The molecular formula is C13H13NO5. The van der Waals surface area contributed by atoms with E-state index >= 15 is 0 Å². The Kier molecular flexibility index (Phi) is 3.79. The summed E-state index contributed by atoms with van der Waals surface area (Å²) in [6, 6.07) is 4.34. The molecule has 0 spiro atoms. The molecule has 19 heavy (non-hydrogen) atoms. The summed E-state index contributed by atoms with van der Waals surface area (Å²) in [5.74, 6) is 0.101. The molecule has 2 rings (SSSR count). The monoisotopic (exact) mass is 263 g/mol. The van der Waals surface area contributed by atoms with Gasteiger partial charge in [-0.15, -0.1) is 0 Å². The van der Waals surface area contributed by atoms with Gasteiger partial charge in [0, 0.05) is 30.2 Å². The molecule has 0 aromatic heterocycles. The first kappa shape index (κ1) is 13.1. The molecule has 0 aliphatic carbocycles. The van der Waals surface area contributed by atoms with E-state index in [1.165, 1.54) is 18.2 Å². The van der Waals surface area contributed by atoms with Crippen LogP contribution in [0.25, 0.3) is 5.57 Å². The van der Waals surface area contributed by atoms with Crippen molar-refractivity contribution in [2.24, 2.45) is 0 Å². The maximum absolute atomic E-state index is 11.5. The first-order valence-corrected chi connectivity index (χ1v) is 5.90. The molecule has 0 radical (unpaired) electrons. The molecule has 0 saturated carbocycles. The predicted molar refractivity (Wildman–Crippen MR) is 67.8 cm³/mol. The molecular weight excluding hydrogens is 250 g/mol. The first-order chi connectivity index (χ1) is 9.11. The zero-order valence-electron chi connectivity index (χ0n) is 10.4. The van der Waals surface area contributed by atoms with E-state index in [2.05, 4.69) is 0 Å². The van der Waals surface area contributed by atoms with Gasteiger partial charge in [-0.2, -0.15) is 0 Å². The minimum atomic E-state index is -0.475. The second-order valence-electron chi connectivity index (χ2n) is 3.96. The van der Waals surface area contributed by atoms with E-state index in [-0.39, 0.29) is 5.69 Å². The van der Waals surface area contributed by atoms with E-state index in [1.54, 1.807) is 13.0 Å². The van der Waals surface area contributed by atoms with Gasteiger partial charge in [0.15, 0.2) is 0 Å². The van der Waals surface area contributed by atoms with Crippen molar-refractivity contribution < 1.29 is 19.2 Å². The molecule has 1 aromatic carbocycles. The van der Waals surface area contributed by atoms with Crippen molar-refractivity contribution in [3.8, 4) is 5.75 Å². The van der Waals surface area contributed by atoms with Crippen LogP contribution in [-0.4, -0.2) is 24.1 Å². The number of benzene rings is 1. The normalized spacial score (nSPS) is 15.5. The van der Waals surface area contributed by atoms with Gasteiger partial charge in [-0.1, -0.05) is 0 Å². The summed E-state index contributed by atoms with van der Waals surface area (Å²) in [5.41, 5.74) is 1.25. The Bertz CT molecular complexity index is 550. The number of esters is 1. The largest absolute Gasteiger partial charge is 0.493 e. The van der Waals surface area contributed by atoms with Crippen molar-refractivity contribution >= 4 is 17.2 Å². The number of nitro groups is 1. The van der Waals surface area contributed by atoms with Crippen LogP contribution in [0.2, 0.25) is 0 Å².